The van der Waals surface area contributed by atoms with Gasteiger partial charge in [0.15, 0.2) is 11.5 Å². The fraction of sp³-hybridized carbons (Fsp3) is 0.263. The zero-order chi connectivity index (χ0) is 19.4. The van der Waals surface area contributed by atoms with Gasteiger partial charge in [0, 0.05) is 31.8 Å². The van der Waals surface area contributed by atoms with Crippen molar-refractivity contribution in [3.8, 4) is 11.5 Å². The molecule has 3 rings (SSSR count). The Hall–Kier alpha value is -2.80. The maximum Gasteiger partial charge on any atom is 0.255 e. The predicted octanol–water partition coefficient (Wildman–Crippen LogP) is 3.03. The Labute approximate surface area is 160 Å². The number of hydrogen-bond acceptors (Lipinski definition) is 4. The molecule has 2 aromatic rings. The first kappa shape index (κ1) is 19.0. The fourth-order valence-electron chi connectivity index (χ4n) is 2.75. The van der Waals surface area contributed by atoms with E-state index in [1.165, 1.54) is 24.0 Å². The van der Waals surface area contributed by atoms with E-state index in [1.807, 2.05) is 0 Å². The largest absolute Gasteiger partial charge is 0.486 e. The van der Waals surface area contributed by atoms with Crippen LogP contribution in [-0.4, -0.2) is 38.1 Å². The molecule has 1 N–H and O–H groups in total. The topological polar surface area (TPSA) is 67.9 Å². The van der Waals surface area contributed by atoms with Gasteiger partial charge in [-0.05, 0) is 24.3 Å². The average molecular weight is 393 g/mol. The van der Waals surface area contributed by atoms with Crippen LogP contribution >= 0.6 is 11.6 Å². The van der Waals surface area contributed by atoms with Gasteiger partial charge in [-0.2, -0.15) is 0 Å². The zero-order valence-electron chi connectivity index (χ0n) is 14.6. The van der Waals surface area contributed by atoms with E-state index in [0.717, 1.165) is 6.07 Å². The summed E-state index contributed by atoms with van der Waals surface area (Å²) in [6.07, 6.45) is 0. The molecule has 0 aliphatic carbocycles. The third kappa shape index (κ3) is 4.31. The Morgan fingerprint density at radius 1 is 1.19 bits per heavy atom. The lowest BCUT2D eigenvalue weighted by molar-refractivity contribution is -0.116. The van der Waals surface area contributed by atoms with Crippen LogP contribution in [0.15, 0.2) is 36.4 Å². The molecule has 0 bridgehead atoms. The summed E-state index contributed by atoms with van der Waals surface area (Å²) in [7, 11) is 0. The first-order valence-corrected chi connectivity index (χ1v) is 8.75. The molecule has 0 atom stereocenters. The van der Waals surface area contributed by atoms with Gasteiger partial charge in [0.25, 0.3) is 5.91 Å². The quantitative estimate of drug-likeness (QED) is 0.849. The molecule has 2 aromatic carbocycles. The van der Waals surface area contributed by atoms with Crippen molar-refractivity contribution in [1.82, 2.24) is 5.32 Å². The molecule has 0 saturated carbocycles. The lowest BCUT2D eigenvalue weighted by atomic mass is 10.2. The first-order chi connectivity index (χ1) is 13.0. The highest BCUT2D eigenvalue weighted by atomic mass is 35.5. The van der Waals surface area contributed by atoms with Gasteiger partial charge in [-0.25, -0.2) is 4.39 Å². The van der Waals surface area contributed by atoms with E-state index in [0.29, 0.717) is 30.4 Å². The number of nitrogens with one attached hydrogen (secondary N) is 1. The van der Waals surface area contributed by atoms with Gasteiger partial charge in [0.2, 0.25) is 5.91 Å². The molecule has 8 heteroatoms. The molecular weight excluding hydrogens is 375 g/mol. The number of carbonyl (C=O) groups is 2. The minimum Gasteiger partial charge on any atom is -0.486 e. The van der Waals surface area contributed by atoms with Gasteiger partial charge < -0.3 is 19.7 Å². The van der Waals surface area contributed by atoms with E-state index in [-0.39, 0.29) is 29.6 Å². The summed E-state index contributed by atoms with van der Waals surface area (Å²) in [6, 6.07) is 9.22. The molecular formula is C19H18ClFN2O4. The van der Waals surface area contributed by atoms with Gasteiger partial charge in [-0.1, -0.05) is 17.7 Å². The molecule has 0 unspecified atom stereocenters. The van der Waals surface area contributed by atoms with Crippen molar-refractivity contribution in [2.24, 2.45) is 0 Å². The number of amides is 2. The molecule has 1 aliphatic heterocycles. The third-order valence-corrected chi connectivity index (χ3v) is 4.34. The molecule has 0 radical (unpaired) electrons. The zero-order valence-corrected chi connectivity index (χ0v) is 15.4. The number of hydrogen-bond donors (Lipinski definition) is 1. The number of carbonyl (C=O) groups excluding carboxylic acids is 2. The summed E-state index contributed by atoms with van der Waals surface area (Å²) >= 11 is 5.89. The Morgan fingerprint density at radius 2 is 1.93 bits per heavy atom. The summed E-state index contributed by atoms with van der Waals surface area (Å²) < 4.78 is 24.8. The second-order valence-corrected chi connectivity index (χ2v) is 6.26. The molecule has 0 fully saturated rings. The Balaban J connectivity index is 1.67. The maximum atomic E-state index is 13.8. The number of halogens is 2. The highest BCUT2D eigenvalue weighted by molar-refractivity contribution is 6.33. The molecule has 2 amide bonds. The number of ether oxygens (including phenoxy) is 2. The second-order valence-electron chi connectivity index (χ2n) is 5.85. The molecule has 142 valence electrons. The fourth-order valence-corrected chi connectivity index (χ4v) is 3.00. The SMILES string of the molecule is CC(=O)N(CCNC(=O)c1c(F)cccc1Cl)c1ccc2c(c1)OCCO2. The lowest BCUT2D eigenvalue weighted by Gasteiger charge is -2.24. The molecule has 0 aromatic heterocycles. The molecule has 1 aliphatic rings. The summed E-state index contributed by atoms with van der Waals surface area (Å²) in [5, 5.41) is 2.62. The van der Waals surface area contributed by atoms with Crippen molar-refractivity contribution in [2.75, 3.05) is 31.2 Å². The van der Waals surface area contributed by atoms with Crippen LogP contribution in [-0.2, 0) is 4.79 Å². The number of nitrogens with zero attached hydrogens (tertiary/aromatic N) is 1. The molecule has 27 heavy (non-hydrogen) atoms. The van der Waals surface area contributed by atoms with E-state index in [4.69, 9.17) is 21.1 Å². The minimum atomic E-state index is -0.699. The standard InChI is InChI=1S/C19H18ClFN2O4/c1-12(24)23(13-5-6-16-17(11-13)27-10-9-26-16)8-7-22-19(25)18-14(20)3-2-4-15(18)21/h2-6,11H,7-10H2,1H3,(H,22,25). The Bertz CT molecular complexity index is 855. The number of rotatable bonds is 5. The maximum absolute atomic E-state index is 13.8. The van der Waals surface area contributed by atoms with Gasteiger partial charge >= 0.3 is 0 Å². The summed E-state index contributed by atoms with van der Waals surface area (Å²) in [4.78, 5) is 25.7. The van der Waals surface area contributed by atoms with Crippen molar-refractivity contribution >= 4 is 29.1 Å². The van der Waals surface area contributed by atoms with Crippen LogP contribution in [0, 0.1) is 5.82 Å². The van der Waals surface area contributed by atoms with E-state index in [1.54, 1.807) is 18.2 Å². The minimum absolute atomic E-state index is 0.0303. The third-order valence-electron chi connectivity index (χ3n) is 4.03. The van der Waals surface area contributed by atoms with Gasteiger partial charge in [0.1, 0.15) is 19.0 Å². The van der Waals surface area contributed by atoms with Gasteiger partial charge in [-0.15, -0.1) is 0 Å². The van der Waals surface area contributed by atoms with Crippen LogP contribution in [0.3, 0.4) is 0 Å². The van der Waals surface area contributed by atoms with E-state index in [9.17, 15) is 14.0 Å². The van der Waals surface area contributed by atoms with Crippen molar-refractivity contribution in [1.29, 1.82) is 0 Å². The van der Waals surface area contributed by atoms with Crippen LogP contribution in [0.25, 0.3) is 0 Å². The number of anilines is 1. The van der Waals surface area contributed by atoms with Gasteiger partial charge in [0.05, 0.1) is 10.6 Å². The summed E-state index contributed by atoms with van der Waals surface area (Å²) in [5.41, 5.74) is 0.401. The van der Waals surface area contributed by atoms with Crippen LogP contribution in [0.2, 0.25) is 5.02 Å². The van der Waals surface area contributed by atoms with Crippen LogP contribution < -0.4 is 19.7 Å². The summed E-state index contributed by atoms with van der Waals surface area (Å²) in [6.45, 7) is 2.67. The first-order valence-electron chi connectivity index (χ1n) is 8.37. The van der Waals surface area contributed by atoms with E-state index >= 15 is 0 Å². The van der Waals surface area contributed by atoms with Gasteiger partial charge in [-0.3, -0.25) is 9.59 Å². The molecule has 0 spiro atoms. The number of benzene rings is 2. The Kier molecular flexibility index (Phi) is 5.81. The average Bonchev–Trinajstić information content (AvgIpc) is 2.64. The van der Waals surface area contributed by atoms with Crippen LogP contribution in [0.5, 0.6) is 11.5 Å². The highest BCUT2D eigenvalue weighted by Gasteiger charge is 2.19. The van der Waals surface area contributed by atoms with E-state index < -0.39 is 11.7 Å². The smallest absolute Gasteiger partial charge is 0.255 e. The van der Waals surface area contributed by atoms with Crippen molar-refractivity contribution in [3.05, 3.63) is 52.8 Å². The Morgan fingerprint density at radius 3 is 2.63 bits per heavy atom. The second kappa shape index (κ2) is 8.26. The van der Waals surface area contributed by atoms with Crippen molar-refractivity contribution in [3.63, 3.8) is 0 Å². The molecule has 0 saturated heterocycles. The summed E-state index contributed by atoms with van der Waals surface area (Å²) in [5.74, 6) is -0.355. The van der Waals surface area contributed by atoms with Crippen molar-refractivity contribution < 1.29 is 23.5 Å². The number of fused-ring (bicyclic) bond motifs is 1. The highest BCUT2D eigenvalue weighted by Crippen LogP contribution is 2.34. The monoisotopic (exact) mass is 392 g/mol. The normalized spacial score (nSPS) is 12.4. The predicted molar refractivity (Wildman–Crippen MR) is 99.2 cm³/mol. The van der Waals surface area contributed by atoms with Crippen LogP contribution in [0.4, 0.5) is 10.1 Å². The lowest BCUT2D eigenvalue weighted by Crippen LogP contribution is -2.38. The van der Waals surface area contributed by atoms with Crippen LogP contribution in [0.1, 0.15) is 17.3 Å². The molecule has 1 heterocycles. The molecule has 6 nitrogen and oxygen atoms in total. The van der Waals surface area contributed by atoms with Crippen molar-refractivity contribution in [2.45, 2.75) is 6.92 Å². The van der Waals surface area contributed by atoms with E-state index in [2.05, 4.69) is 5.32 Å².